The zero-order chi connectivity index (χ0) is 11.6. The van der Waals surface area contributed by atoms with Gasteiger partial charge in [0.15, 0.2) is 0 Å². The summed E-state index contributed by atoms with van der Waals surface area (Å²) in [5.41, 5.74) is 0. The summed E-state index contributed by atoms with van der Waals surface area (Å²) in [4.78, 5) is 21.4. The van der Waals surface area contributed by atoms with E-state index in [1.165, 1.54) is 6.92 Å². The Bertz CT molecular complexity index is 268. The second-order valence-electron chi connectivity index (χ2n) is 3.51. The van der Waals surface area contributed by atoms with Crippen LogP contribution < -0.4 is 10.6 Å². The van der Waals surface area contributed by atoms with Gasteiger partial charge in [0.25, 0.3) is 0 Å². The molecule has 7 nitrogen and oxygen atoms in total. The van der Waals surface area contributed by atoms with Crippen LogP contribution in [0, 0.1) is 5.92 Å². The maximum Gasteiger partial charge on any atom is 0.310 e. The predicted octanol–water partition coefficient (Wildman–Crippen LogP) is -2.53. The SMILES string of the molecule is CC(=O)N[C@H]1NC[C@H](C(=O)O)[C@H](O)[C@H]1O. The third-order valence-electron chi connectivity index (χ3n) is 2.34. The largest absolute Gasteiger partial charge is 0.481 e. The van der Waals surface area contributed by atoms with Gasteiger partial charge in [0.1, 0.15) is 12.3 Å². The lowest BCUT2D eigenvalue weighted by atomic mass is 9.92. The van der Waals surface area contributed by atoms with Gasteiger partial charge in [-0.2, -0.15) is 0 Å². The Labute approximate surface area is 86.1 Å². The maximum atomic E-state index is 10.7. The van der Waals surface area contributed by atoms with E-state index in [0.29, 0.717) is 0 Å². The number of nitrogens with one attached hydrogen (secondary N) is 2. The Morgan fingerprint density at radius 1 is 1.33 bits per heavy atom. The molecular weight excluding hydrogens is 204 g/mol. The lowest BCUT2D eigenvalue weighted by molar-refractivity contribution is -0.153. The summed E-state index contributed by atoms with van der Waals surface area (Å²) >= 11 is 0. The lowest BCUT2D eigenvalue weighted by Crippen LogP contribution is -2.64. The number of carbonyl (C=O) groups excluding carboxylic acids is 1. The minimum Gasteiger partial charge on any atom is -0.481 e. The molecule has 0 aromatic rings. The van der Waals surface area contributed by atoms with Crippen molar-refractivity contribution in [3.05, 3.63) is 0 Å². The number of hydrogen-bond donors (Lipinski definition) is 5. The van der Waals surface area contributed by atoms with Gasteiger partial charge < -0.3 is 20.6 Å². The smallest absolute Gasteiger partial charge is 0.310 e. The van der Waals surface area contributed by atoms with E-state index in [1.54, 1.807) is 0 Å². The van der Waals surface area contributed by atoms with E-state index in [-0.39, 0.29) is 12.5 Å². The molecule has 1 rings (SSSR count). The van der Waals surface area contributed by atoms with Crippen LogP contribution in [0.5, 0.6) is 0 Å². The van der Waals surface area contributed by atoms with Crippen molar-refractivity contribution in [2.24, 2.45) is 5.92 Å². The van der Waals surface area contributed by atoms with Gasteiger partial charge in [-0.15, -0.1) is 0 Å². The highest BCUT2D eigenvalue weighted by molar-refractivity contribution is 5.74. The van der Waals surface area contributed by atoms with Gasteiger partial charge in [-0.1, -0.05) is 0 Å². The first-order valence-corrected chi connectivity index (χ1v) is 4.53. The molecule has 1 fully saturated rings. The van der Waals surface area contributed by atoms with E-state index in [0.717, 1.165) is 0 Å². The molecule has 15 heavy (non-hydrogen) atoms. The molecule has 0 spiro atoms. The zero-order valence-electron chi connectivity index (χ0n) is 8.17. The number of hydrogen-bond acceptors (Lipinski definition) is 5. The Morgan fingerprint density at radius 3 is 2.40 bits per heavy atom. The summed E-state index contributed by atoms with van der Waals surface area (Å²) < 4.78 is 0. The Morgan fingerprint density at radius 2 is 1.93 bits per heavy atom. The van der Waals surface area contributed by atoms with Crippen molar-refractivity contribution in [1.29, 1.82) is 0 Å². The van der Waals surface area contributed by atoms with Gasteiger partial charge in [-0.3, -0.25) is 14.9 Å². The van der Waals surface area contributed by atoms with Gasteiger partial charge in [0, 0.05) is 13.5 Å². The molecule has 0 aromatic carbocycles. The highest BCUT2D eigenvalue weighted by Crippen LogP contribution is 2.15. The van der Waals surface area contributed by atoms with Crippen molar-refractivity contribution in [2.45, 2.75) is 25.3 Å². The third kappa shape index (κ3) is 2.65. The van der Waals surface area contributed by atoms with Gasteiger partial charge in [0.2, 0.25) is 5.91 Å². The minimum absolute atomic E-state index is 0.00148. The Balaban J connectivity index is 2.64. The number of carboxylic acids is 1. The van der Waals surface area contributed by atoms with Crippen LogP contribution in [0.3, 0.4) is 0 Å². The van der Waals surface area contributed by atoms with Crippen LogP contribution in [0.25, 0.3) is 0 Å². The van der Waals surface area contributed by atoms with E-state index in [9.17, 15) is 19.8 Å². The van der Waals surface area contributed by atoms with Crippen LogP contribution in [0.4, 0.5) is 0 Å². The van der Waals surface area contributed by atoms with E-state index in [4.69, 9.17) is 5.11 Å². The van der Waals surface area contributed by atoms with Crippen LogP contribution >= 0.6 is 0 Å². The lowest BCUT2D eigenvalue weighted by Gasteiger charge is -2.36. The first-order valence-electron chi connectivity index (χ1n) is 4.53. The molecule has 86 valence electrons. The summed E-state index contributed by atoms with van der Waals surface area (Å²) in [5.74, 6) is -2.62. The van der Waals surface area contributed by atoms with Gasteiger partial charge in [-0.25, -0.2) is 0 Å². The van der Waals surface area contributed by atoms with Gasteiger partial charge >= 0.3 is 5.97 Å². The normalized spacial score (nSPS) is 35.9. The van der Waals surface area contributed by atoms with Crippen molar-refractivity contribution in [3.8, 4) is 0 Å². The van der Waals surface area contributed by atoms with Crippen LogP contribution in [0.15, 0.2) is 0 Å². The van der Waals surface area contributed by atoms with Crippen LogP contribution in [-0.4, -0.2) is 52.1 Å². The number of carbonyl (C=O) groups is 2. The average molecular weight is 218 g/mol. The maximum absolute atomic E-state index is 10.7. The number of aliphatic carboxylic acids is 1. The molecule has 0 saturated carbocycles. The van der Waals surface area contributed by atoms with Crippen LogP contribution in [0.2, 0.25) is 0 Å². The van der Waals surface area contributed by atoms with Crippen molar-refractivity contribution in [1.82, 2.24) is 10.6 Å². The Hall–Kier alpha value is -1.18. The number of rotatable bonds is 2. The number of amides is 1. The monoisotopic (exact) mass is 218 g/mol. The summed E-state index contributed by atoms with van der Waals surface area (Å²) in [5, 5.41) is 32.7. The molecule has 1 aliphatic rings. The predicted molar refractivity (Wildman–Crippen MR) is 48.7 cm³/mol. The molecule has 1 heterocycles. The van der Waals surface area contributed by atoms with Gasteiger partial charge in [0.05, 0.1) is 12.0 Å². The molecule has 0 aromatic heterocycles. The standard InChI is InChI=1S/C8H14N2O5/c1-3(11)10-7-6(13)5(12)4(2-9-7)8(14)15/h4-7,9,12-13H,2H2,1H3,(H,10,11)(H,14,15)/t4-,5-,6+,7+/m0/s1. The fourth-order valence-corrected chi connectivity index (χ4v) is 1.52. The Kier molecular flexibility index (Phi) is 3.61. The second kappa shape index (κ2) is 4.56. The quantitative estimate of drug-likeness (QED) is 0.349. The fourth-order valence-electron chi connectivity index (χ4n) is 1.52. The van der Waals surface area contributed by atoms with E-state index < -0.39 is 30.3 Å². The molecule has 1 saturated heterocycles. The zero-order valence-corrected chi connectivity index (χ0v) is 8.17. The van der Waals surface area contributed by atoms with Crippen molar-refractivity contribution in [2.75, 3.05) is 6.54 Å². The third-order valence-corrected chi connectivity index (χ3v) is 2.34. The number of carboxylic acid groups (broad SMARTS) is 1. The van der Waals surface area contributed by atoms with Crippen molar-refractivity contribution < 1.29 is 24.9 Å². The highest BCUT2D eigenvalue weighted by atomic mass is 16.4. The fraction of sp³-hybridized carbons (Fsp3) is 0.750. The second-order valence-corrected chi connectivity index (χ2v) is 3.51. The number of piperidine rings is 1. The first kappa shape index (κ1) is 11.9. The molecule has 7 heteroatoms. The molecule has 0 radical (unpaired) electrons. The van der Waals surface area contributed by atoms with Gasteiger partial charge in [-0.05, 0) is 0 Å². The molecule has 5 N–H and O–H groups in total. The highest BCUT2D eigenvalue weighted by Gasteiger charge is 2.41. The summed E-state index contributed by atoms with van der Waals surface area (Å²) in [6.45, 7) is 1.27. The van der Waals surface area contributed by atoms with Crippen LogP contribution in [-0.2, 0) is 9.59 Å². The van der Waals surface area contributed by atoms with E-state index >= 15 is 0 Å². The van der Waals surface area contributed by atoms with Crippen LogP contribution in [0.1, 0.15) is 6.92 Å². The molecule has 0 aliphatic carbocycles. The van der Waals surface area contributed by atoms with E-state index in [2.05, 4.69) is 10.6 Å². The molecule has 0 bridgehead atoms. The number of aliphatic hydroxyl groups excluding tert-OH is 2. The molecule has 0 unspecified atom stereocenters. The number of aliphatic hydroxyl groups is 2. The molecule has 1 aliphatic heterocycles. The summed E-state index contributed by atoms with van der Waals surface area (Å²) in [6, 6.07) is 0. The van der Waals surface area contributed by atoms with Crippen molar-refractivity contribution >= 4 is 11.9 Å². The molecule has 4 atom stereocenters. The minimum atomic E-state index is -1.39. The first-order chi connectivity index (χ1) is 6.93. The van der Waals surface area contributed by atoms with Crippen molar-refractivity contribution in [3.63, 3.8) is 0 Å². The molecule has 1 amide bonds. The average Bonchev–Trinajstić information content (AvgIpc) is 2.12. The summed E-state index contributed by atoms with van der Waals surface area (Å²) in [6.07, 6.45) is -3.53. The topological polar surface area (TPSA) is 119 Å². The molecular formula is C8H14N2O5. The summed E-state index contributed by atoms with van der Waals surface area (Å²) in [7, 11) is 0. The van der Waals surface area contributed by atoms with E-state index in [1.807, 2.05) is 0 Å².